The lowest BCUT2D eigenvalue weighted by Crippen LogP contribution is -2.19. The first-order valence-electron chi connectivity index (χ1n) is 11.0. The van der Waals surface area contributed by atoms with E-state index >= 15 is 0 Å². The summed E-state index contributed by atoms with van der Waals surface area (Å²) in [6.07, 6.45) is 7.16. The van der Waals surface area contributed by atoms with Crippen molar-refractivity contribution in [2.24, 2.45) is 0 Å². The van der Waals surface area contributed by atoms with Crippen LogP contribution in [0.1, 0.15) is 42.4 Å². The van der Waals surface area contributed by atoms with Gasteiger partial charge in [0.25, 0.3) is 0 Å². The molecule has 0 aromatic heterocycles. The molecule has 3 N–H and O–H groups in total. The number of fused-ring (bicyclic) bond motifs is 1. The maximum absolute atomic E-state index is 10.7. The molecule has 0 fully saturated rings. The fourth-order valence-electron chi connectivity index (χ4n) is 3.90. The molecule has 0 aliphatic heterocycles. The molecule has 0 radical (unpaired) electrons. The Labute approximate surface area is 184 Å². The standard InChI is InChI=1S/C25H32NO4P/c27-31(28,29)30-19-18-26-20-23-17-16-22(24-14-8-9-15-25(23)24)13-7-2-1-4-10-21-11-5-3-6-12-21/h3,5-6,8-9,11-12,14-17,26H,1-2,4,7,10,13,18-20H2,(H2,27,28,29). The first-order valence-corrected chi connectivity index (χ1v) is 12.5. The van der Waals surface area contributed by atoms with Crippen molar-refractivity contribution in [3.05, 3.63) is 83.4 Å². The minimum Gasteiger partial charge on any atom is -0.310 e. The third kappa shape index (κ3) is 8.21. The Balaban J connectivity index is 1.47. The van der Waals surface area contributed by atoms with Crippen molar-refractivity contribution in [3.8, 4) is 0 Å². The number of hydrogen-bond donors (Lipinski definition) is 3. The van der Waals surface area contributed by atoms with E-state index in [9.17, 15) is 4.57 Å². The predicted molar refractivity (Wildman–Crippen MR) is 126 cm³/mol. The largest absolute Gasteiger partial charge is 0.469 e. The van der Waals surface area contributed by atoms with Crippen LogP contribution in [0, 0.1) is 0 Å². The maximum atomic E-state index is 10.7. The number of benzene rings is 3. The smallest absolute Gasteiger partial charge is 0.310 e. The fourth-order valence-corrected chi connectivity index (χ4v) is 4.23. The molecule has 0 atom stereocenters. The molecule has 0 amide bonds. The molecule has 0 aliphatic carbocycles. The quantitative estimate of drug-likeness (QED) is 0.245. The summed E-state index contributed by atoms with van der Waals surface area (Å²) in [7, 11) is -4.40. The number of hydrogen-bond acceptors (Lipinski definition) is 3. The summed E-state index contributed by atoms with van der Waals surface area (Å²) >= 11 is 0. The Kier molecular flexibility index (Phi) is 9.26. The molecule has 0 saturated carbocycles. The second-order valence-corrected chi connectivity index (χ2v) is 9.07. The molecule has 0 aliphatic rings. The SMILES string of the molecule is O=P(O)(O)OCCNCc1ccc(CCCCCCc2ccccc2)c2ccccc12. The maximum Gasteiger partial charge on any atom is 0.469 e. The minimum atomic E-state index is -4.40. The van der Waals surface area contributed by atoms with E-state index in [2.05, 4.69) is 76.6 Å². The Bertz CT molecular complexity index is 987. The second-order valence-electron chi connectivity index (χ2n) is 7.83. The summed E-state index contributed by atoms with van der Waals surface area (Å²) < 4.78 is 15.2. The van der Waals surface area contributed by atoms with Crippen LogP contribution in [-0.2, 0) is 28.5 Å². The van der Waals surface area contributed by atoms with Crippen molar-refractivity contribution in [2.75, 3.05) is 13.2 Å². The Hall–Kier alpha value is -2.01. The number of phosphoric ester groups is 1. The highest BCUT2D eigenvalue weighted by Gasteiger charge is 2.12. The van der Waals surface area contributed by atoms with E-state index in [1.165, 1.54) is 53.1 Å². The van der Waals surface area contributed by atoms with Gasteiger partial charge in [0.2, 0.25) is 0 Å². The molecule has 5 nitrogen and oxygen atoms in total. The summed E-state index contributed by atoms with van der Waals surface area (Å²) in [6, 6.07) is 23.5. The van der Waals surface area contributed by atoms with Crippen molar-refractivity contribution in [1.29, 1.82) is 0 Å². The van der Waals surface area contributed by atoms with Gasteiger partial charge in [-0.15, -0.1) is 0 Å². The zero-order chi connectivity index (χ0) is 21.9. The van der Waals surface area contributed by atoms with Crippen molar-refractivity contribution in [3.63, 3.8) is 0 Å². The molecule has 3 aromatic rings. The van der Waals surface area contributed by atoms with E-state index < -0.39 is 7.82 Å². The van der Waals surface area contributed by atoms with Crippen LogP contribution >= 0.6 is 7.82 Å². The highest BCUT2D eigenvalue weighted by atomic mass is 31.2. The Morgan fingerprint density at radius 2 is 1.35 bits per heavy atom. The van der Waals surface area contributed by atoms with Crippen LogP contribution in [0.4, 0.5) is 0 Å². The van der Waals surface area contributed by atoms with Crippen molar-refractivity contribution >= 4 is 18.6 Å². The normalized spacial score (nSPS) is 11.8. The van der Waals surface area contributed by atoms with Gasteiger partial charge in [0.1, 0.15) is 0 Å². The third-order valence-electron chi connectivity index (χ3n) is 5.46. The molecule has 0 heterocycles. The summed E-state index contributed by atoms with van der Waals surface area (Å²) in [5.41, 5.74) is 3.98. The highest BCUT2D eigenvalue weighted by molar-refractivity contribution is 7.46. The molecule has 6 heteroatoms. The van der Waals surface area contributed by atoms with E-state index in [1.807, 2.05) is 0 Å². The van der Waals surface area contributed by atoms with Gasteiger partial charge in [0.05, 0.1) is 6.61 Å². The predicted octanol–water partition coefficient (Wildman–Crippen LogP) is 5.38. The van der Waals surface area contributed by atoms with E-state index in [0.29, 0.717) is 13.1 Å². The average molecular weight is 442 g/mol. The Morgan fingerprint density at radius 3 is 2.06 bits per heavy atom. The lowest BCUT2D eigenvalue weighted by molar-refractivity contribution is 0.197. The third-order valence-corrected chi connectivity index (χ3v) is 5.98. The summed E-state index contributed by atoms with van der Waals surface area (Å²) in [5, 5.41) is 5.72. The zero-order valence-electron chi connectivity index (χ0n) is 17.9. The van der Waals surface area contributed by atoms with Crippen LogP contribution in [0.5, 0.6) is 0 Å². The van der Waals surface area contributed by atoms with Crippen molar-refractivity contribution in [1.82, 2.24) is 5.32 Å². The summed E-state index contributed by atoms with van der Waals surface area (Å²) in [4.78, 5) is 17.5. The molecule has 166 valence electrons. The minimum absolute atomic E-state index is 0.0232. The van der Waals surface area contributed by atoms with Gasteiger partial charge >= 0.3 is 7.82 Å². The van der Waals surface area contributed by atoms with Crippen LogP contribution in [-0.4, -0.2) is 22.9 Å². The summed E-state index contributed by atoms with van der Waals surface area (Å²) in [5.74, 6) is 0. The topological polar surface area (TPSA) is 78.8 Å². The Morgan fingerprint density at radius 1 is 0.742 bits per heavy atom. The van der Waals surface area contributed by atoms with Crippen molar-refractivity contribution in [2.45, 2.75) is 45.1 Å². The number of nitrogens with one attached hydrogen (secondary N) is 1. The first-order chi connectivity index (χ1) is 15.0. The van der Waals surface area contributed by atoms with Gasteiger partial charge in [-0.2, -0.15) is 0 Å². The molecular weight excluding hydrogens is 409 g/mol. The number of rotatable bonds is 13. The van der Waals surface area contributed by atoms with Gasteiger partial charge in [-0.05, 0) is 53.1 Å². The zero-order valence-corrected chi connectivity index (χ0v) is 18.8. The molecule has 31 heavy (non-hydrogen) atoms. The number of phosphoric acid groups is 1. The first kappa shape index (κ1) is 23.6. The van der Waals surface area contributed by atoms with Gasteiger partial charge < -0.3 is 15.1 Å². The van der Waals surface area contributed by atoms with Crippen molar-refractivity contribution < 1.29 is 18.9 Å². The molecule has 0 saturated heterocycles. The van der Waals surface area contributed by atoms with Crippen LogP contribution in [0.3, 0.4) is 0 Å². The second kappa shape index (κ2) is 12.1. The molecular formula is C25H32NO4P. The van der Waals surface area contributed by atoms with Gasteiger partial charge in [0, 0.05) is 13.1 Å². The van der Waals surface area contributed by atoms with Crippen LogP contribution in [0.2, 0.25) is 0 Å². The van der Waals surface area contributed by atoms with Gasteiger partial charge in [0.15, 0.2) is 0 Å². The van der Waals surface area contributed by atoms with E-state index in [-0.39, 0.29) is 6.61 Å². The van der Waals surface area contributed by atoms with E-state index in [4.69, 9.17) is 9.79 Å². The van der Waals surface area contributed by atoms with Gasteiger partial charge in [-0.1, -0.05) is 79.6 Å². The highest BCUT2D eigenvalue weighted by Crippen LogP contribution is 2.35. The van der Waals surface area contributed by atoms with Crippen LogP contribution in [0.25, 0.3) is 10.8 Å². The lowest BCUT2D eigenvalue weighted by atomic mass is 9.95. The monoisotopic (exact) mass is 441 g/mol. The van der Waals surface area contributed by atoms with Gasteiger partial charge in [-0.3, -0.25) is 4.52 Å². The van der Waals surface area contributed by atoms with E-state index in [0.717, 1.165) is 12.8 Å². The lowest BCUT2D eigenvalue weighted by Gasteiger charge is -2.13. The number of aryl methyl sites for hydroxylation is 2. The van der Waals surface area contributed by atoms with Crippen LogP contribution < -0.4 is 5.32 Å². The average Bonchev–Trinajstić information content (AvgIpc) is 2.76. The summed E-state index contributed by atoms with van der Waals surface area (Å²) in [6.45, 7) is 0.986. The molecule has 0 bridgehead atoms. The molecule has 0 spiro atoms. The van der Waals surface area contributed by atoms with Gasteiger partial charge in [-0.25, -0.2) is 4.57 Å². The number of unbranched alkanes of at least 4 members (excludes halogenated alkanes) is 3. The fraction of sp³-hybridized carbons (Fsp3) is 0.360. The molecule has 3 rings (SSSR count). The molecule has 3 aromatic carbocycles. The molecule has 0 unspecified atom stereocenters. The van der Waals surface area contributed by atoms with E-state index in [1.54, 1.807) is 0 Å². The van der Waals surface area contributed by atoms with Crippen LogP contribution in [0.15, 0.2) is 66.7 Å².